The van der Waals surface area contributed by atoms with Crippen LogP contribution in [0.3, 0.4) is 0 Å². The van der Waals surface area contributed by atoms with Gasteiger partial charge in [-0.3, -0.25) is 0 Å². The Morgan fingerprint density at radius 2 is 1.81 bits per heavy atom. The minimum absolute atomic E-state index is 0.0254. The molecule has 0 radical (unpaired) electrons. The molecule has 0 saturated heterocycles. The molecule has 0 bridgehead atoms. The van der Waals surface area contributed by atoms with E-state index >= 15 is 0 Å². The second kappa shape index (κ2) is 6.09. The van der Waals surface area contributed by atoms with Crippen molar-refractivity contribution in [2.75, 3.05) is 19.8 Å². The van der Waals surface area contributed by atoms with Crippen LogP contribution in [0, 0.1) is 0 Å². The van der Waals surface area contributed by atoms with E-state index in [1.54, 1.807) is 0 Å². The van der Waals surface area contributed by atoms with Crippen LogP contribution in [0.1, 0.15) is 24.6 Å². The van der Waals surface area contributed by atoms with E-state index in [0.717, 1.165) is 8.87 Å². The SMILES string of the molecule is CC1c2nnc(C(F)(F)F)n2CCN1S(=O)(=O)c1ccc2c(c1)OCCO2. The standard InChI is InChI=1S/C15H15F3N4O4S/c1-9-13-19-20-14(15(16,17)18)21(13)4-5-22(9)27(23,24)10-2-3-11-12(8-10)26-7-6-25-11/h2-3,8-9H,4-7H2,1H3. The Morgan fingerprint density at radius 1 is 1.11 bits per heavy atom. The van der Waals surface area contributed by atoms with Crippen LogP contribution in [-0.4, -0.2) is 47.2 Å². The van der Waals surface area contributed by atoms with Gasteiger partial charge >= 0.3 is 6.18 Å². The third kappa shape index (κ3) is 2.92. The molecule has 2 aromatic rings. The summed E-state index contributed by atoms with van der Waals surface area (Å²) >= 11 is 0. The van der Waals surface area contributed by atoms with Crippen LogP contribution in [-0.2, 0) is 22.7 Å². The Labute approximate surface area is 152 Å². The lowest BCUT2D eigenvalue weighted by molar-refractivity contribution is -0.147. The van der Waals surface area contributed by atoms with Gasteiger partial charge in [0.25, 0.3) is 0 Å². The molecule has 0 aliphatic carbocycles. The zero-order valence-corrected chi connectivity index (χ0v) is 14.9. The Morgan fingerprint density at radius 3 is 2.52 bits per heavy atom. The Balaban J connectivity index is 1.68. The first-order valence-electron chi connectivity index (χ1n) is 8.11. The normalized spacial score (nSPS) is 20.4. The van der Waals surface area contributed by atoms with Gasteiger partial charge in [0.2, 0.25) is 15.8 Å². The molecule has 146 valence electrons. The lowest BCUT2D eigenvalue weighted by Crippen LogP contribution is -2.42. The summed E-state index contributed by atoms with van der Waals surface area (Å²) in [6.45, 7) is 1.84. The van der Waals surface area contributed by atoms with Crippen LogP contribution in [0.4, 0.5) is 13.2 Å². The molecule has 1 unspecified atom stereocenters. The summed E-state index contributed by atoms with van der Waals surface area (Å²) in [7, 11) is -3.98. The molecule has 0 fully saturated rings. The van der Waals surface area contributed by atoms with Crippen LogP contribution < -0.4 is 9.47 Å². The summed E-state index contributed by atoms with van der Waals surface area (Å²) in [4.78, 5) is -0.0254. The fraction of sp³-hybridized carbons (Fsp3) is 0.467. The molecular weight excluding hydrogens is 389 g/mol. The van der Waals surface area contributed by atoms with Crippen molar-refractivity contribution in [2.45, 2.75) is 30.6 Å². The topological polar surface area (TPSA) is 86.6 Å². The molecule has 8 nitrogen and oxygen atoms in total. The van der Waals surface area contributed by atoms with E-state index in [0.29, 0.717) is 24.7 Å². The molecule has 0 amide bonds. The van der Waals surface area contributed by atoms with Gasteiger partial charge in [0.1, 0.15) is 13.2 Å². The zero-order valence-electron chi connectivity index (χ0n) is 14.1. The summed E-state index contributed by atoms with van der Waals surface area (Å²) in [6, 6.07) is 3.34. The minimum atomic E-state index is -4.65. The van der Waals surface area contributed by atoms with E-state index in [1.165, 1.54) is 25.1 Å². The average molecular weight is 404 g/mol. The number of halogens is 3. The number of ether oxygens (including phenoxy) is 2. The third-order valence-electron chi connectivity index (χ3n) is 4.50. The molecular formula is C15H15F3N4O4S. The van der Waals surface area contributed by atoms with Crippen molar-refractivity contribution >= 4 is 10.0 Å². The minimum Gasteiger partial charge on any atom is -0.486 e. The van der Waals surface area contributed by atoms with E-state index in [-0.39, 0.29) is 23.8 Å². The molecule has 12 heteroatoms. The molecule has 27 heavy (non-hydrogen) atoms. The maximum Gasteiger partial charge on any atom is 0.451 e. The van der Waals surface area contributed by atoms with Crippen molar-refractivity contribution in [1.82, 2.24) is 19.1 Å². The van der Waals surface area contributed by atoms with Gasteiger partial charge in [0, 0.05) is 19.2 Å². The number of aromatic nitrogens is 3. The van der Waals surface area contributed by atoms with E-state index in [4.69, 9.17) is 9.47 Å². The number of alkyl halides is 3. The lowest BCUT2D eigenvalue weighted by atomic mass is 10.2. The monoisotopic (exact) mass is 404 g/mol. The molecule has 2 aliphatic rings. The molecule has 1 atom stereocenters. The van der Waals surface area contributed by atoms with Gasteiger partial charge in [-0.1, -0.05) is 0 Å². The predicted octanol–water partition coefficient (Wildman–Crippen LogP) is 1.83. The second-order valence-electron chi connectivity index (χ2n) is 6.13. The molecule has 2 aliphatic heterocycles. The van der Waals surface area contributed by atoms with Crippen molar-refractivity contribution in [3.05, 3.63) is 29.8 Å². The molecule has 1 aromatic heterocycles. The first kappa shape index (κ1) is 18.0. The van der Waals surface area contributed by atoms with E-state index in [9.17, 15) is 21.6 Å². The fourth-order valence-electron chi connectivity index (χ4n) is 3.22. The van der Waals surface area contributed by atoms with Gasteiger partial charge in [0.05, 0.1) is 10.9 Å². The van der Waals surface area contributed by atoms with Gasteiger partial charge in [-0.2, -0.15) is 17.5 Å². The van der Waals surface area contributed by atoms with Crippen LogP contribution in [0.25, 0.3) is 0 Å². The summed E-state index contributed by atoms with van der Waals surface area (Å²) in [5.74, 6) is -0.411. The van der Waals surface area contributed by atoms with Gasteiger partial charge in [0.15, 0.2) is 17.3 Å². The molecule has 0 saturated carbocycles. The van der Waals surface area contributed by atoms with Crippen LogP contribution >= 0.6 is 0 Å². The van der Waals surface area contributed by atoms with Crippen molar-refractivity contribution < 1.29 is 31.1 Å². The third-order valence-corrected chi connectivity index (χ3v) is 6.47. The summed E-state index contributed by atoms with van der Waals surface area (Å²) < 4.78 is 77.9. The first-order valence-corrected chi connectivity index (χ1v) is 9.55. The molecule has 1 aromatic carbocycles. The van der Waals surface area contributed by atoms with Gasteiger partial charge in [-0.15, -0.1) is 10.2 Å². The van der Waals surface area contributed by atoms with Crippen molar-refractivity contribution in [3.63, 3.8) is 0 Å². The largest absolute Gasteiger partial charge is 0.486 e. The summed E-state index contributed by atoms with van der Waals surface area (Å²) in [5.41, 5.74) is 0. The van der Waals surface area contributed by atoms with E-state index < -0.39 is 28.1 Å². The number of fused-ring (bicyclic) bond motifs is 2. The highest BCUT2D eigenvalue weighted by Crippen LogP contribution is 2.37. The van der Waals surface area contributed by atoms with E-state index in [2.05, 4.69) is 10.2 Å². The van der Waals surface area contributed by atoms with Gasteiger partial charge in [-0.05, 0) is 19.1 Å². The second-order valence-corrected chi connectivity index (χ2v) is 8.02. The highest BCUT2D eigenvalue weighted by Gasteiger charge is 2.43. The fourth-order valence-corrected chi connectivity index (χ4v) is 4.82. The maximum absolute atomic E-state index is 13.0. The highest BCUT2D eigenvalue weighted by molar-refractivity contribution is 7.89. The van der Waals surface area contributed by atoms with Crippen molar-refractivity contribution in [1.29, 1.82) is 0 Å². The van der Waals surface area contributed by atoms with Crippen LogP contribution in [0.5, 0.6) is 11.5 Å². The maximum atomic E-state index is 13.0. The predicted molar refractivity (Wildman–Crippen MR) is 84.8 cm³/mol. The number of hydrogen-bond acceptors (Lipinski definition) is 6. The molecule has 3 heterocycles. The summed E-state index contributed by atoms with van der Waals surface area (Å²) in [5, 5.41) is 6.77. The lowest BCUT2D eigenvalue weighted by Gasteiger charge is -2.33. The van der Waals surface area contributed by atoms with Crippen molar-refractivity contribution in [3.8, 4) is 11.5 Å². The summed E-state index contributed by atoms with van der Waals surface area (Å²) in [6.07, 6.45) is -4.65. The quantitative estimate of drug-likeness (QED) is 0.759. The van der Waals surface area contributed by atoms with E-state index in [1.807, 2.05) is 0 Å². The number of rotatable bonds is 2. The zero-order chi connectivity index (χ0) is 19.4. The van der Waals surface area contributed by atoms with Gasteiger partial charge < -0.3 is 14.0 Å². The molecule has 0 spiro atoms. The smallest absolute Gasteiger partial charge is 0.451 e. The number of benzene rings is 1. The van der Waals surface area contributed by atoms with Crippen LogP contribution in [0.2, 0.25) is 0 Å². The number of sulfonamides is 1. The van der Waals surface area contributed by atoms with Crippen LogP contribution in [0.15, 0.2) is 23.1 Å². The average Bonchev–Trinajstić information content (AvgIpc) is 3.07. The molecule has 0 N–H and O–H groups in total. The highest BCUT2D eigenvalue weighted by atomic mass is 32.2. The number of hydrogen-bond donors (Lipinski definition) is 0. The van der Waals surface area contributed by atoms with Crippen molar-refractivity contribution in [2.24, 2.45) is 0 Å². The Kier molecular flexibility index (Phi) is 4.07. The first-order chi connectivity index (χ1) is 12.7. The van der Waals surface area contributed by atoms with Gasteiger partial charge in [-0.25, -0.2) is 8.42 Å². The Bertz CT molecular complexity index is 989. The number of nitrogens with zero attached hydrogens (tertiary/aromatic N) is 4. The Hall–Kier alpha value is -2.34. The molecule has 4 rings (SSSR count).